The van der Waals surface area contributed by atoms with Gasteiger partial charge in [-0.15, -0.1) is 0 Å². The molecule has 5 nitrogen and oxygen atoms in total. The van der Waals surface area contributed by atoms with E-state index in [1.54, 1.807) is 24.0 Å². The molecule has 1 amide bonds. The number of amides is 1. The lowest BCUT2D eigenvalue weighted by atomic mass is 10.2. The van der Waals surface area contributed by atoms with Crippen LogP contribution in [0.25, 0.3) is 5.52 Å². The van der Waals surface area contributed by atoms with Crippen molar-refractivity contribution in [1.29, 1.82) is 0 Å². The normalized spacial score (nSPS) is 11.6. The smallest absolute Gasteiger partial charge is 0.414 e. The van der Waals surface area contributed by atoms with Gasteiger partial charge in [-0.2, -0.15) is 5.10 Å². The van der Waals surface area contributed by atoms with Crippen LogP contribution in [0, 0.1) is 0 Å². The van der Waals surface area contributed by atoms with Crippen LogP contribution >= 0.6 is 15.9 Å². The fraction of sp³-hybridized carbons (Fsp3) is 0.385. The van der Waals surface area contributed by atoms with Gasteiger partial charge in [0.2, 0.25) is 0 Å². The van der Waals surface area contributed by atoms with Gasteiger partial charge in [0.25, 0.3) is 0 Å². The van der Waals surface area contributed by atoms with Crippen LogP contribution in [-0.2, 0) is 4.74 Å². The highest BCUT2D eigenvalue weighted by atomic mass is 79.9. The number of anilines is 1. The van der Waals surface area contributed by atoms with Crippen LogP contribution in [-0.4, -0.2) is 28.4 Å². The first kappa shape index (κ1) is 13.9. The van der Waals surface area contributed by atoms with Crippen molar-refractivity contribution in [2.45, 2.75) is 26.4 Å². The Kier molecular flexibility index (Phi) is 3.54. The summed E-state index contributed by atoms with van der Waals surface area (Å²) in [6, 6.07) is 3.69. The zero-order valence-corrected chi connectivity index (χ0v) is 12.9. The second kappa shape index (κ2) is 4.85. The monoisotopic (exact) mass is 325 g/mol. The first-order valence-corrected chi connectivity index (χ1v) is 6.67. The van der Waals surface area contributed by atoms with Crippen molar-refractivity contribution in [3.63, 3.8) is 0 Å². The molecule has 0 atom stereocenters. The van der Waals surface area contributed by atoms with Crippen molar-refractivity contribution < 1.29 is 9.53 Å². The number of ether oxygens (including phenoxy) is 1. The van der Waals surface area contributed by atoms with Crippen LogP contribution < -0.4 is 4.90 Å². The minimum Gasteiger partial charge on any atom is -0.443 e. The predicted molar refractivity (Wildman–Crippen MR) is 77.5 cm³/mol. The Morgan fingerprint density at radius 1 is 1.47 bits per heavy atom. The predicted octanol–water partition coefficient (Wildman–Crippen LogP) is 3.47. The number of hydrogen-bond acceptors (Lipinski definition) is 3. The van der Waals surface area contributed by atoms with Gasteiger partial charge in [-0.1, -0.05) is 0 Å². The average molecular weight is 326 g/mol. The quantitative estimate of drug-likeness (QED) is 0.806. The Morgan fingerprint density at radius 2 is 2.16 bits per heavy atom. The molecule has 6 heteroatoms. The van der Waals surface area contributed by atoms with E-state index in [-0.39, 0.29) is 6.09 Å². The SMILES string of the molecule is CN(C(=O)OC(C)(C)C)c1ccn2ncc(Br)c2c1. The van der Waals surface area contributed by atoms with Crippen molar-refractivity contribution in [2.24, 2.45) is 0 Å². The summed E-state index contributed by atoms with van der Waals surface area (Å²) >= 11 is 3.42. The number of carbonyl (C=O) groups is 1. The van der Waals surface area contributed by atoms with E-state index in [0.29, 0.717) is 0 Å². The second-order valence-electron chi connectivity index (χ2n) is 5.25. The average Bonchev–Trinajstić information content (AvgIpc) is 2.67. The molecule has 19 heavy (non-hydrogen) atoms. The van der Waals surface area contributed by atoms with E-state index in [4.69, 9.17) is 4.74 Å². The van der Waals surface area contributed by atoms with Crippen LogP contribution in [0.15, 0.2) is 29.0 Å². The Bertz CT molecular complexity index is 616. The number of aromatic nitrogens is 2. The molecular formula is C13H16BrN3O2. The van der Waals surface area contributed by atoms with E-state index in [1.807, 2.05) is 32.9 Å². The molecule has 0 aliphatic carbocycles. The summed E-state index contributed by atoms with van der Waals surface area (Å²) in [5.74, 6) is 0. The summed E-state index contributed by atoms with van der Waals surface area (Å²) in [6.45, 7) is 5.53. The maximum Gasteiger partial charge on any atom is 0.414 e. The number of pyridine rings is 1. The summed E-state index contributed by atoms with van der Waals surface area (Å²) in [6.07, 6.45) is 3.13. The molecule has 2 heterocycles. The van der Waals surface area contributed by atoms with Gasteiger partial charge in [0.15, 0.2) is 0 Å². The molecule has 0 aliphatic rings. The van der Waals surface area contributed by atoms with Gasteiger partial charge in [-0.25, -0.2) is 9.31 Å². The van der Waals surface area contributed by atoms with E-state index in [2.05, 4.69) is 21.0 Å². The molecule has 0 radical (unpaired) electrons. The van der Waals surface area contributed by atoms with Crippen molar-refractivity contribution >= 4 is 33.2 Å². The number of hydrogen-bond donors (Lipinski definition) is 0. The van der Waals surface area contributed by atoms with Crippen LogP contribution in [0.4, 0.5) is 10.5 Å². The van der Waals surface area contributed by atoms with Crippen LogP contribution in [0.5, 0.6) is 0 Å². The van der Waals surface area contributed by atoms with Crippen molar-refractivity contribution in [3.05, 3.63) is 29.0 Å². The molecule has 2 aromatic heterocycles. The summed E-state index contributed by atoms with van der Waals surface area (Å²) in [5, 5.41) is 4.16. The summed E-state index contributed by atoms with van der Waals surface area (Å²) in [4.78, 5) is 13.5. The molecule has 0 saturated carbocycles. The summed E-state index contributed by atoms with van der Waals surface area (Å²) < 4.78 is 7.94. The number of fused-ring (bicyclic) bond motifs is 1. The molecule has 2 aromatic rings. The molecule has 102 valence electrons. The molecule has 0 fully saturated rings. The van der Waals surface area contributed by atoms with E-state index < -0.39 is 5.60 Å². The zero-order chi connectivity index (χ0) is 14.2. The van der Waals surface area contributed by atoms with Gasteiger partial charge in [-0.05, 0) is 48.8 Å². The van der Waals surface area contributed by atoms with Crippen molar-refractivity contribution in [1.82, 2.24) is 9.61 Å². The lowest BCUT2D eigenvalue weighted by Gasteiger charge is -2.24. The van der Waals surface area contributed by atoms with Gasteiger partial charge in [0.05, 0.1) is 21.9 Å². The fourth-order valence-corrected chi connectivity index (χ4v) is 1.97. The molecule has 0 N–H and O–H groups in total. The molecular weight excluding hydrogens is 310 g/mol. The number of nitrogens with zero attached hydrogens (tertiary/aromatic N) is 3. The highest BCUT2D eigenvalue weighted by Crippen LogP contribution is 2.23. The largest absolute Gasteiger partial charge is 0.443 e. The fourth-order valence-electron chi connectivity index (χ4n) is 1.58. The maximum atomic E-state index is 12.0. The van der Waals surface area contributed by atoms with Crippen LogP contribution in [0.1, 0.15) is 20.8 Å². The van der Waals surface area contributed by atoms with Gasteiger partial charge in [0.1, 0.15) is 5.60 Å². The minimum absolute atomic E-state index is 0.382. The molecule has 0 spiro atoms. The number of halogens is 1. The molecule has 0 unspecified atom stereocenters. The van der Waals surface area contributed by atoms with Crippen LogP contribution in [0.3, 0.4) is 0 Å². The highest BCUT2D eigenvalue weighted by molar-refractivity contribution is 9.10. The minimum atomic E-state index is -0.507. The van der Waals surface area contributed by atoms with Crippen molar-refractivity contribution in [3.8, 4) is 0 Å². The lowest BCUT2D eigenvalue weighted by molar-refractivity contribution is 0.0589. The Balaban J connectivity index is 2.28. The molecule has 0 bridgehead atoms. The van der Waals surface area contributed by atoms with E-state index >= 15 is 0 Å². The van der Waals surface area contributed by atoms with Gasteiger partial charge >= 0.3 is 6.09 Å². The van der Waals surface area contributed by atoms with Gasteiger partial charge < -0.3 is 4.74 Å². The number of carbonyl (C=O) groups excluding carboxylic acids is 1. The lowest BCUT2D eigenvalue weighted by Crippen LogP contribution is -2.34. The Labute approximate surface area is 120 Å². The molecule has 2 rings (SSSR count). The third-order valence-electron chi connectivity index (χ3n) is 2.51. The third kappa shape index (κ3) is 3.07. The summed E-state index contributed by atoms with van der Waals surface area (Å²) in [7, 11) is 1.68. The summed E-state index contributed by atoms with van der Waals surface area (Å²) in [5.41, 5.74) is 1.14. The molecule has 0 saturated heterocycles. The second-order valence-corrected chi connectivity index (χ2v) is 6.10. The van der Waals surface area contributed by atoms with Crippen LogP contribution in [0.2, 0.25) is 0 Å². The third-order valence-corrected chi connectivity index (χ3v) is 3.12. The van der Waals surface area contributed by atoms with Gasteiger partial charge in [0, 0.05) is 13.2 Å². The zero-order valence-electron chi connectivity index (χ0n) is 11.3. The Morgan fingerprint density at radius 3 is 2.79 bits per heavy atom. The van der Waals surface area contributed by atoms with E-state index in [1.165, 1.54) is 4.90 Å². The molecule has 0 aliphatic heterocycles. The Hall–Kier alpha value is -1.56. The molecule has 0 aromatic carbocycles. The van der Waals surface area contributed by atoms with Gasteiger partial charge in [-0.3, -0.25) is 4.90 Å². The highest BCUT2D eigenvalue weighted by Gasteiger charge is 2.20. The van der Waals surface area contributed by atoms with E-state index in [0.717, 1.165) is 15.7 Å². The van der Waals surface area contributed by atoms with E-state index in [9.17, 15) is 4.79 Å². The first-order valence-electron chi connectivity index (χ1n) is 5.87. The standard InChI is InChI=1S/C13H16BrN3O2/c1-13(2,3)19-12(18)16(4)9-5-6-17-11(7-9)10(14)8-15-17/h5-8H,1-4H3. The van der Waals surface area contributed by atoms with Crippen molar-refractivity contribution in [2.75, 3.05) is 11.9 Å². The number of rotatable bonds is 1. The maximum absolute atomic E-state index is 12.0. The first-order chi connectivity index (χ1) is 8.78. The topological polar surface area (TPSA) is 46.8 Å².